The van der Waals surface area contributed by atoms with Gasteiger partial charge in [-0.25, -0.2) is 0 Å². The maximum atomic E-state index is 11.8. The summed E-state index contributed by atoms with van der Waals surface area (Å²) in [5.41, 5.74) is 0. The minimum absolute atomic E-state index is 0.233. The molecule has 2 aliphatic heterocycles. The van der Waals surface area contributed by atoms with Gasteiger partial charge in [0.25, 0.3) is 0 Å². The monoisotopic (exact) mass is 267 g/mol. The molecular weight excluding hydrogens is 238 g/mol. The standard InChI is InChI=1S/C15H29N3O/c1-13-4-2-3-10-18(13)11-9-17-15(19)6-5-14-7-8-16-12-14/h13-14,16H,2-12H2,1H3,(H,17,19). The first-order valence-electron chi connectivity index (χ1n) is 7.97. The Balaban J connectivity index is 1.53. The van der Waals surface area contributed by atoms with E-state index < -0.39 is 0 Å². The molecule has 0 aromatic heterocycles. The fourth-order valence-electron chi connectivity index (χ4n) is 3.21. The molecule has 2 rings (SSSR count). The number of hydrogen-bond donors (Lipinski definition) is 2. The number of amides is 1. The van der Waals surface area contributed by atoms with Gasteiger partial charge in [0, 0.05) is 25.6 Å². The van der Waals surface area contributed by atoms with Crippen LogP contribution in [0.5, 0.6) is 0 Å². The summed E-state index contributed by atoms with van der Waals surface area (Å²) in [5, 5.41) is 6.42. The van der Waals surface area contributed by atoms with Crippen LogP contribution in [-0.2, 0) is 4.79 Å². The first-order valence-corrected chi connectivity index (χ1v) is 7.97. The Morgan fingerprint density at radius 2 is 2.26 bits per heavy atom. The third-order valence-corrected chi connectivity index (χ3v) is 4.60. The van der Waals surface area contributed by atoms with Crippen LogP contribution < -0.4 is 10.6 Å². The summed E-state index contributed by atoms with van der Waals surface area (Å²) in [6, 6.07) is 0.690. The molecule has 4 nitrogen and oxygen atoms in total. The van der Waals surface area contributed by atoms with Crippen molar-refractivity contribution in [2.24, 2.45) is 5.92 Å². The highest BCUT2D eigenvalue weighted by Crippen LogP contribution is 2.15. The topological polar surface area (TPSA) is 44.4 Å². The van der Waals surface area contributed by atoms with Gasteiger partial charge in [-0.05, 0) is 58.2 Å². The Morgan fingerprint density at radius 3 is 3.00 bits per heavy atom. The summed E-state index contributed by atoms with van der Waals surface area (Å²) in [5.74, 6) is 0.949. The van der Waals surface area contributed by atoms with Crippen LogP contribution in [-0.4, -0.2) is 49.6 Å². The van der Waals surface area contributed by atoms with E-state index in [1.165, 1.54) is 32.2 Å². The molecule has 110 valence electrons. The number of hydrogen-bond acceptors (Lipinski definition) is 3. The Hall–Kier alpha value is -0.610. The fraction of sp³-hybridized carbons (Fsp3) is 0.933. The summed E-state index contributed by atoms with van der Waals surface area (Å²) >= 11 is 0. The van der Waals surface area contributed by atoms with Gasteiger partial charge >= 0.3 is 0 Å². The van der Waals surface area contributed by atoms with Crippen molar-refractivity contribution in [3.8, 4) is 0 Å². The average molecular weight is 267 g/mol. The predicted molar refractivity (Wildman–Crippen MR) is 78.1 cm³/mol. The van der Waals surface area contributed by atoms with Crippen LogP contribution in [0.4, 0.5) is 0 Å². The second kappa shape index (κ2) is 7.85. The minimum Gasteiger partial charge on any atom is -0.355 e. The molecule has 2 heterocycles. The van der Waals surface area contributed by atoms with E-state index in [1.807, 2.05) is 0 Å². The molecule has 0 aromatic rings. The maximum absolute atomic E-state index is 11.8. The summed E-state index contributed by atoms with van der Waals surface area (Å²) in [6.45, 7) is 7.54. The van der Waals surface area contributed by atoms with Gasteiger partial charge in [-0.1, -0.05) is 6.42 Å². The van der Waals surface area contributed by atoms with Crippen LogP contribution >= 0.6 is 0 Å². The van der Waals surface area contributed by atoms with E-state index in [-0.39, 0.29) is 5.91 Å². The Bertz CT molecular complexity index is 277. The van der Waals surface area contributed by atoms with Gasteiger partial charge in [0.05, 0.1) is 0 Å². The SMILES string of the molecule is CC1CCCCN1CCNC(=O)CCC1CCNC1. The first kappa shape index (κ1) is 14.8. The highest BCUT2D eigenvalue weighted by molar-refractivity contribution is 5.75. The molecule has 0 saturated carbocycles. The first-order chi connectivity index (χ1) is 9.25. The van der Waals surface area contributed by atoms with Gasteiger partial charge in [-0.15, -0.1) is 0 Å². The Morgan fingerprint density at radius 1 is 1.37 bits per heavy atom. The van der Waals surface area contributed by atoms with Gasteiger partial charge in [0.15, 0.2) is 0 Å². The number of rotatable bonds is 6. The van der Waals surface area contributed by atoms with Crippen LogP contribution in [0.1, 0.15) is 45.4 Å². The Labute approximate surface area is 117 Å². The van der Waals surface area contributed by atoms with E-state index in [2.05, 4.69) is 22.5 Å². The van der Waals surface area contributed by atoms with Gasteiger partial charge in [-0.3, -0.25) is 9.69 Å². The summed E-state index contributed by atoms with van der Waals surface area (Å²) in [6.07, 6.45) is 6.95. The summed E-state index contributed by atoms with van der Waals surface area (Å²) in [7, 11) is 0. The molecule has 0 spiro atoms. The number of carbonyl (C=O) groups is 1. The molecule has 0 aliphatic carbocycles. The lowest BCUT2D eigenvalue weighted by molar-refractivity contribution is -0.121. The average Bonchev–Trinajstić information content (AvgIpc) is 2.92. The lowest BCUT2D eigenvalue weighted by Gasteiger charge is -2.33. The third-order valence-electron chi connectivity index (χ3n) is 4.60. The van der Waals surface area contributed by atoms with E-state index >= 15 is 0 Å². The second-order valence-corrected chi connectivity index (χ2v) is 6.13. The molecule has 0 radical (unpaired) electrons. The van der Waals surface area contributed by atoms with Crippen molar-refractivity contribution in [3.63, 3.8) is 0 Å². The molecule has 1 amide bonds. The number of piperidine rings is 1. The van der Waals surface area contributed by atoms with Crippen LogP contribution in [0.2, 0.25) is 0 Å². The van der Waals surface area contributed by atoms with Crippen molar-refractivity contribution >= 4 is 5.91 Å². The molecule has 2 unspecified atom stereocenters. The maximum Gasteiger partial charge on any atom is 0.220 e. The van der Waals surface area contributed by atoms with Crippen LogP contribution in [0.25, 0.3) is 0 Å². The van der Waals surface area contributed by atoms with Crippen molar-refractivity contribution in [1.29, 1.82) is 0 Å². The van der Waals surface area contributed by atoms with Gasteiger partial charge in [0.2, 0.25) is 5.91 Å². The second-order valence-electron chi connectivity index (χ2n) is 6.13. The highest BCUT2D eigenvalue weighted by Gasteiger charge is 2.18. The van der Waals surface area contributed by atoms with E-state index in [1.54, 1.807) is 0 Å². The number of carbonyl (C=O) groups excluding carboxylic acids is 1. The van der Waals surface area contributed by atoms with Crippen molar-refractivity contribution in [3.05, 3.63) is 0 Å². The van der Waals surface area contributed by atoms with Crippen LogP contribution in [0.15, 0.2) is 0 Å². The molecule has 2 fully saturated rings. The molecular formula is C15H29N3O. The summed E-state index contributed by atoms with van der Waals surface area (Å²) in [4.78, 5) is 14.3. The predicted octanol–water partition coefficient (Wildman–Crippen LogP) is 1.37. The molecule has 2 atom stereocenters. The lowest BCUT2D eigenvalue weighted by atomic mass is 10.0. The fourth-order valence-corrected chi connectivity index (χ4v) is 3.21. The molecule has 0 bridgehead atoms. The Kier molecular flexibility index (Phi) is 6.11. The van der Waals surface area contributed by atoms with Gasteiger partial charge in [0.1, 0.15) is 0 Å². The largest absolute Gasteiger partial charge is 0.355 e. The van der Waals surface area contributed by atoms with E-state index in [0.29, 0.717) is 18.4 Å². The minimum atomic E-state index is 0.233. The zero-order valence-electron chi connectivity index (χ0n) is 12.3. The lowest BCUT2D eigenvalue weighted by Crippen LogP contribution is -2.42. The van der Waals surface area contributed by atoms with E-state index in [4.69, 9.17) is 0 Å². The number of nitrogens with zero attached hydrogens (tertiary/aromatic N) is 1. The third kappa shape index (κ3) is 5.11. The summed E-state index contributed by atoms with van der Waals surface area (Å²) < 4.78 is 0. The van der Waals surface area contributed by atoms with Gasteiger partial charge < -0.3 is 10.6 Å². The highest BCUT2D eigenvalue weighted by atomic mass is 16.1. The molecule has 4 heteroatoms. The zero-order chi connectivity index (χ0) is 13.5. The van der Waals surface area contributed by atoms with Crippen LogP contribution in [0, 0.1) is 5.92 Å². The van der Waals surface area contributed by atoms with Crippen LogP contribution in [0.3, 0.4) is 0 Å². The smallest absolute Gasteiger partial charge is 0.220 e. The van der Waals surface area contributed by atoms with Crippen molar-refractivity contribution in [1.82, 2.24) is 15.5 Å². The molecule has 2 N–H and O–H groups in total. The normalized spacial score (nSPS) is 28.5. The number of nitrogens with one attached hydrogen (secondary N) is 2. The molecule has 19 heavy (non-hydrogen) atoms. The van der Waals surface area contributed by atoms with Crippen molar-refractivity contribution in [2.45, 2.75) is 51.5 Å². The van der Waals surface area contributed by atoms with Crippen molar-refractivity contribution in [2.75, 3.05) is 32.7 Å². The van der Waals surface area contributed by atoms with Gasteiger partial charge in [-0.2, -0.15) is 0 Å². The molecule has 2 aliphatic rings. The molecule has 0 aromatic carbocycles. The number of likely N-dealkylation sites (tertiary alicyclic amines) is 1. The quantitative estimate of drug-likeness (QED) is 0.764. The van der Waals surface area contributed by atoms with Crippen molar-refractivity contribution < 1.29 is 4.79 Å². The van der Waals surface area contributed by atoms with E-state index in [9.17, 15) is 4.79 Å². The van der Waals surface area contributed by atoms with E-state index in [0.717, 1.165) is 32.6 Å². The zero-order valence-corrected chi connectivity index (χ0v) is 12.3. The molecule has 2 saturated heterocycles.